The summed E-state index contributed by atoms with van der Waals surface area (Å²) in [7, 11) is 5.76. The van der Waals surface area contributed by atoms with E-state index in [1.165, 1.54) is 19.3 Å². The van der Waals surface area contributed by atoms with Gasteiger partial charge in [0.2, 0.25) is 0 Å². The van der Waals surface area contributed by atoms with Crippen LogP contribution in [0.2, 0.25) is 0 Å². The van der Waals surface area contributed by atoms with E-state index in [2.05, 4.69) is 43.2 Å². The highest BCUT2D eigenvalue weighted by molar-refractivity contribution is 5.81. The Labute approximate surface area is 225 Å². The molecule has 0 unspecified atom stereocenters. The Morgan fingerprint density at radius 3 is 2.62 bits per heavy atom. The van der Waals surface area contributed by atoms with Crippen molar-refractivity contribution < 1.29 is 9.53 Å². The number of carbonyl (C=O) groups is 1. The molecule has 204 valence electrons. The van der Waals surface area contributed by atoms with E-state index in [0.717, 1.165) is 43.7 Å². The first-order valence-corrected chi connectivity index (χ1v) is 13.4. The van der Waals surface area contributed by atoms with Crippen LogP contribution in [0.3, 0.4) is 0 Å². The molecule has 0 amide bonds. The Bertz CT molecular complexity index is 1020. The molecule has 1 aliphatic carbocycles. The van der Waals surface area contributed by atoms with Gasteiger partial charge in [-0.15, -0.1) is 0 Å². The van der Waals surface area contributed by atoms with Crippen LogP contribution < -0.4 is 20.3 Å². The monoisotopic (exact) mass is 508 g/mol. The minimum Gasteiger partial charge on any atom is -0.455 e. The second-order valence-electron chi connectivity index (χ2n) is 10.9. The maximum absolute atomic E-state index is 11.8. The van der Waals surface area contributed by atoms with Crippen LogP contribution in [0.4, 0.5) is 5.69 Å². The number of carbonyl (C=O) groups excluding carboxylic acids is 1. The number of nitrogens with zero attached hydrogens (tertiary/aromatic N) is 2. The van der Waals surface area contributed by atoms with Crippen molar-refractivity contribution in [2.45, 2.75) is 53.9 Å². The normalized spacial score (nSPS) is 16.2. The van der Waals surface area contributed by atoms with Crippen molar-refractivity contribution in [3.05, 3.63) is 70.8 Å². The molecule has 0 fully saturated rings. The van der Waals surface area contributed by atoms with E-state index in [4.69, 9.17) is 4.74 Å². The standard InChI is InChI=1S/C31H48N4O2/c1-9-35(17-16-33-21-26-12-14-31(4,5)20-25(26)3)28-11-10-27(23-36)30(19-28)37-29(22-34(7)8)18-24(2)13-15-32-6/h10-11,13,15,18-19,22-23,32-33H,9,12,14,16-17,20-21H2,1-8H3/b15-13-,24-18+,29-22+. The highest BCUT2D eigenvalue weighted by Gasteiger charge is 2.24. The lowest BCUT2D eigenvalue weighted by Crippen LogP contribution is -2.33. The molecular formula is C31H48N4O2. The molecule has 1 aliphatic rings. The van der Waals surface area contributed by atoms with Crippen molar-refractivity contribution in [2.24, 2.45) is 5.41 Å². The van der Waals surface area contributed by atoms with Crippen LogP contribution in [-0.4, -0.2) is 58.5 Å². The number of likely N-dealkylation sites (N-methyl/N-ethyl adjacent to an activating group) is 1. The number of hydrogen-bond acceptors (Lipinski definition) is 6. The summed E-state index contributed by atoms with van der Waals surface area (Å²) in [6.07, 6.45) is 12.2. The van der Waals surface area contributed by atoms with Gasteiger partial charge in [-0.1, -0.05) is 25.0 Å². The lowest BCUT2D eigenvalue weighted by atomic mass is 9.75. The van der Waals surface area contributed by atoms with Gasteiger partial charge in [-0.25, -0.2) is 0 Å². The molecule has 0 spiro atoms. The molecule has 0 heterocycles. The molecule has 2 rings (SSSR count). The van der Waals surface area contributed by atoms with E-state index in [1.54, 1.807) is 11.1 Å². The SMILES string of the molecule is CCN(CCNCC1=C(C)CC(C)(C)CC1)c1ccc(C=O)c(OC(/C=C(C)/C=C\NC)=C/N(C)C)c1. The first-order valence-electron chi connectivity index (χ1n) is 13.4. The van der Waals surface area contributed by atoms with Crippen molar-refractivity contribution >= 4 is 12.0 Å². The maximum atomic E-state index is 11.8. The van der Waals surface area contributed by atoms with E-state index in [9.17, 15) is 4.79 Å². The molecule has 0 saturated carbocycles. The van der Waals surface area contributed by atoms with Crippen LogP contribution in [0.15, 0.2) is 65.2 Å². The van der Waals surface area contributed by atoms with Crippen molar-refractivity contribution in [2.75, 3.05) is 52.2 Å². The van der Waals surface area contributed by atoms with Crippen LogP contribution in [0.5, 0.6) is 5.75 Å². The molecule has 0 atom stereocenters. The van der Waals surface area contributed by atoms with Crippen LogP contribution >= 0.6 is 0 Å². The summed E-state index contributed by atoms with van der Waals surface area (Å²) in [6, 6.07) is 5.82. The molecule has 0 saturated heterocycles. The fourth-order valence-corrected chi connectivity index (χ4v) is 4.66. The Morgan fingerprint density at radius 1 is 1.24 bits per heavy atom. The topological polar surface area (TPSA) is 56.8 Å². The maximum Gasteiger partial charge on any atom is 0.153 e. The highest BCUT2D eigenvalue weighted by Crippen LogP contribution is 2.38. The third kappa shape index (κ3) is 10.1. The quantitative estimate of drug-likeness (QED) is 0.107. The van der Waals surface area contributed by atoms with Gasteiger partial charge in [-0.05, 0) is 81.5 Å². The fourth-order valence-electron chi connectivity index (χ4n) is 4.66. The number of ether oxygens (including phenoxy) is 1. The van der Waals surface area contributed by atoms with Crippen LogP contribution in [0, 0.1) is 5.41 Å². The van der Waals surface area contributed by atoms with Crippen molar-refractivity contribution in [1.29, 1.82) is 0 Å². The third-order valence-corrected chi connectivity index (χ3v) is 6.71. The summed E-state index contributed by atoms with van der Waals surface area (Å²) in [4.78, 5) is 16.0. The minimum atomic E-state index is 0.430. The third-order valence-electron chi connectivity index (χ3n) is 6.71. The molecule has 1 aromatic carbocycles. The zero-order chi connectivity index (χ0) is 27.4. The Kier molecular flexibility index (Phi) is 12.0. The molecule has 37 heavy (non-hydrogen) atoms. The number of rotatable bonds is 14. The van der Waals surface area contributed by atoms with Crippen molar-refractivity contribution in [1.82, 2.24) is 15.5 Å². The number of allylic oxidation sites excluding steroid dienone is 4. The van der Waals surface area contributed by atoms with E-state index >= 15 is 0 Å². The van der Waals surface area contributed by atoms with Crippen LogP contribution in [-0.2, 0) is 0 Å². The molecule has 6 nitrogen and oxygen atoms in total. The van der Waals surface area contributed by atoms with Gasteiger partial charge in [-0.3, -0.25) is 4.79 Å². The van der Waals surface area contributed by atoms with Gasteiger partial charge in [0.1, 0.15) is 11.5 Å². The van der Waals surface area contributed by atoms with Crippen molar-refractivity contribution in [3.63, 3.8) is 0 Å². The molecule has 2 N–H and O–H groups in total. The predicted molar refractivity (Wildman–Crippen MR) is 157 cm³/mol. The zero-order valence-corrected chi connectivity index (χ0v) is 24.3. The van der Waals surface area contributed by atoms with Gasteiger partial charge in [0.25, 0.3) is 0 Å². The Morgan fingerprint density at radius 2 is 2.00 bits per heavy atom. The predicted octanol–water partition coefficient (Wildman–Crippen LogP) is 5.90. The summed E-state index contributed by atoms with van der Waals surface area (Å²) in [5.41, 5.74) is 6.15. The van der Waals surface area contributed by atoms with Gasteiger partial charge in [-0.2, -0.15) is 0 Å². The van der Waals surface area contributed by atoms with Crippen LogP contribution in [0.1, 0.15) is 64.2 Å². The molecule has 0 aromatic heterocycles. The lowest BCUT2D eigenvalue weighted by Gasteiger charge is -2.32. The smallest absolute Gasteiger partial charge is 0.153 e. The summed E-state index contributed by atoms with van der Waals surface area (Å²) >= 11 is 0. The molecule has 6 heteroatoms. The number of aldehydes is 1. The number of benzene rings is 1. The first kappa shape index (κ1) is 30.2. The van der Waals surface area contributed by atoms with Gasteiger partial charge in [0.05, 0.1) is 5.56 Å². The second kappa shape index (κ2) is 14.7. The second-order valence-corrected chi connectivity index (χ2v) is 10.9. The zero-order valence-electron chi connectivity index (χ0n) is 24.3. The number of nitrogens with one attached hydrogen (secondary N) is 2. The largest absolute Gasteiger partial charge is 0.455 e. The summed E-state index contributed by atoms with van der Waals surface area (Å²) in [6.45, 7) is 14.8. The van der Waals surface area contributed by atoms with Crippen molar-refractivity contribution in [3.8, 4) is 5.75 Å². The van der Waals surface area contributed by atoms with Gasteiger partial charge >= 0.3 is 0 Å². The van der Waals surface area contributed by atoms with Gasteiger partial charge < -0.3 is 25.2 Å². The van der Waals surface area contributed by atoms with E-state index in [0.29, 0.717) is 22.5 Å². The first-order chi connectivity index (χ1) is 17.6. The average Bonchev–Trinajstić information content (AvgIpc) is 2.83. The Hall–Kier alpha value is -2.99. The van der Waals surface area contributed by atoms with E-state index in [-0.39, 0.29) is 0 Å². The molecular weight excluding hydrogens is 460 g/mol. The summed E-state index contributed by atoms with van der Waals surface area (Å²) in [5.74, 6) is 1.21. The van der Waals surface area contributed by atoms with Gasteiger partial charge in [0.15, 0.2) is 6.29 Å². The molecule has 0 radical (unpaired) electrons. The molecule has 0 bridgehead atoms. The highest BCUT2D eigenvalue weighted by atomic mass is 16.5. The summed E-state index contributed by atoms with van der Waals surface area (Å²) in [5, 5.41) is 6.66. The lowest BCUT2D eigenvalue weighted by molar-refractivity contribution is 0.112. The number of anilines is 1. The Balaban J connectivity index is 2.13. The fraction of sp³-hybridized carbons (Fsp3) is 0.516. The minimum absolute atomic E-state index is 0.430. The number of hydrogen-bond donors (Lipinski definition) is 2. The average molecular weight is 509 g/mol. The summed E-state index contributed by atoms with van der Waals surface area (Å²) < 4.78 is 6.28. The molecule has 1 aromatic rings. The van der Waals surface area contributed by atoms with E-state index < -0.39 is 0 Å². The van der Waals surface area contributed by atoms with E-state index in [1.807, 2.05) is 75.7 Å². The van der Waals surface area contributed by atoms with Crippen LogP contribution in [0.25, 0.3) is 0 Å². The molecule has 0 aliphatic heterocycles. The van der Waals surface area contributed by atoms with Gasteiger partial charge in [0, 0.05) is 65.3 Å².